The minimum atomic E-state index is -1.50. The van der Waals surface area contributed by atoms with Gasteiger partial charge in [-0.1, -0.05) is 38.7 Å². The lowest BCUT2D eigenvalue weighted by molar-refractivity contribution is -0.170. The Morgan fingerprint density at radius 2 is 1.69 bits per heavy atom. The number of esters is 1. The smallest absolute Gasteiger partial charge is 0.306 e. The monoisotopic (exact) mass is 541 g/mol. The molecule has 39 heavy (non-hydrogen) atoms. The SMILES string of the molecule is C[C@]12CCC(=O)C=C1CC[C@@H]1[C@@H]2CC[C@@]2(C)[C@H]1CC[C@]2(O)C(=O)COC(=O)CCC(=O)NCC1CCCCC1. The van der Waals surface area contributed by atoms with E-state index in [0.717, 1.165) is 51.4 Å². The van der Waals surface area contributed by atoms with Crippen molar-refractivity contribution in [1.82, 2.24) is 5.32 Å². The molecule has 0 aliphatic heterocycles. The van der Waals surface area contributed by atoms with Crippen LogP contribution in [-0.2, 0) is 23.9 Å². The van der Waals surface area contributed by atoms with Gasteiger partial charge in [-0.05, 0) is 93.0 Å². The number of rotatable bonds is 8. The molecule has 216 valence electrons. The second-order valence-electron chi connectivity index (χ2n) is 13.7. The van der Waals surface area contributed by atoms with E-state index >= 15 is 0 Å². The lowest BCUT2D eigenvalue weighted by atomic mass is 9.46. The summed E-state index contributed by atoms with van der Waals surface area (Å²) in [6, 6.07) is 0. The Kier molecular flexibility index (Phi) is 8.11. The predicted octanol–water partition coefficient (Wildman–Crippen LogP) is 4.84. The molecule has 5 aliphatic carbocycles. The van der Waals surface area contributed by atoms with Crippen LogP contribution in [0.2, 0.25) is 0 Å². The van der Waals surface area contributed by atoms with Crippen LogP contribution in [0.1, 0.15) is 110 Å². The van der Waals surface area contributed by atoms with Crippen molar-refractivity contribution in [2.45, 2.75) is 116 Å². The van der Waals surface area contributed by atoms with Crippen LogP contribution in [0.4, 0.5) is 0 Å². The first-order valence-corrected chi connectivity index (χ1v) is 15.5. The molecule has 7 nitrogen and oxygen atoms in total. The third-order valence-corrected chi connectivity index (χ3v) is 11.8. The number of ether oxygens (including phenoxy) is 1. The zero-order valence-electron chi connectivity index (χ0n) is 23.9. The Balaban J connectivity index is 1.13. The van der Waals surface area contributed by atoms with E-state index in [1.54, 1.807) is 0 Å². The summed E-state index contributed by atoms with van der Waals surface area (Å²) in [5.74, 6) is 0.774. The largest absolute Gasteiger partial charge is 0.458 e. The molecule has 0 aromatic rings. The van der Waals surface area contributed by atoms with Gasteiger partial charge in [0.1, 0.15) is 5.60 Å². The van der Waals surface area contributed by atoms with Gasteiger partial charge in [0.2, 0.25) is 11.7 Å². The average Bonchev–Trinajstić information content (AvgIpc) is 3.21. The molecule has 0 spiro atoms. The van der Waals surface area contributed by atoms with Gasteiger partial charge in [0.05, 0.1) is 6.42 Å². The van der Waals surface area contributed by atoms with Crippen molar-refractivity contribution < 1.29 is 29.0 Å². The van der Waals surface area contributed by atoms with E-state index in [4.69, 9.17) is 4.74 Å². The van der Waals surface area contributed by atoms with Crippen LogP contribution in [0.3, 0.4) is 0 Å². The van der Waals surface area contributed by atoms with Gasteiger partial charge in [-0.3, -0.25) is 19.2 Å². The van der Waals surface area contributed by atoms with Gasteiger partial charge >= 0.3 is 5.97 Å². The minimum Gasteiger partial charge on any atom is -0.458 e. The molecule has 2 N–H and O–H groups in total. The van der Waals surface area contributed by atoms with Crippen LogP contribution in [0, 0.1) is 34.5 Å². The molecular formula is C32H47NO6. The van der Waals surface area contributed by atoms with Gasteiger partial charge in [-0.15, -0.1) is 0 Å². The number of allylic oxidation sites excluding steroid dienone is 1. The highest BCUT2D eigenvalue weighted by atomic mass is 16.5. The maximum Gasteiger partial charge on any atom is 0.306 e. The predicted molar refractivity (Wildman–Crippen MR) is 146 cm³/mol. The van der Waals surface area contributed by atoms with E-state index in [0.29, 0.717) is 37.1 Å². The molecule has 1 amide bonds. The molecular weight excluding hydrogens is 494 g/mol. The normalized spacial score (nSPS) is 38.2. The van der Waals surface area contributed by atoms with Crippen LogP contribution in [-0.4, -0.2) is 47.3 Å². The number of fused-ring (bicyclic) bond motifs is 5. The fourth-order valence-electron chi connectivity index (χ4n) is 9.32. The molecule has 7 heteroatoms. The zero-order chi connectivity index (χ0) is 27.8. The summed E-state index contributed by atoms with van der Waals surface area (Å²) >= 11 is 0. The quantitative estimate of drug-likeness (QED) is 0.426. The lowest BCUT2D eigenvalue weighted by Crippen LogP contribution is -2.58. The van der Waals surface area contributed by atoms with Crippen molar-refractivity contribution in [1.29, 1.82) is 0 Å². The third kappa shape index (κ3) is 5.25. The lowest BCUT2D eigenvalue weighted by Gasteiger charge is -2.58. The molecule has 4 saturated carbocycles. The molecule has 0 radical (unpaired) electrons. The standard InChI is InChI=1S/C32H47NO6/c1-30-15-12-23(34)18-22(30)8-9-24-25(30)13-16-31(2)26(24)14-17-32(31,38)27(35)20-39-29(37)11-10-28(36)33-19-21-6-4-3-5-7-21/h18,21,24-26,38H,3-17,19-20H2,1-2H3,(H,33,36)/t24-,25+,26+,30+,31+,32+/m1/s1. The van der Waals surface area contributed by atoms with Crippen molar-refractivity contribution in [2.75, 3.05) is 13.2 Å². The van der Waals surface area contributed by atoms with E-state index < -0.39 is 29.4 Å². The second-order valence-corrected chi connectivity index (χ2v) is 13.7. The van der Waals surface area contributed by atoms with E-state index in [1.165, 1.54) is 24.8 Å². The van der Waals surface area contributed by atoms with Gasteiger partial charge in [0.15, 0.2) is 12.4 Å². The topological polar surface area (TPSA) is 110 Å². The number of carbonyl (C=O) groups excluding carboxylic acids is 4. The van der Waals surface area contributed by atoms with Crippen LogP contribution in [0.15, 0.2) is 11.6 Å². The van der Waals surface area contributed by atoms with Gasteiger partial charge in [-0.2, -0.15) is 0 Å². The highest BCUT2D eigenvalue weighted by molar-refractivity contribution is 5.92. The molecule has 0 bridgehead atoms. The van der Waals surface area contributed by atoms with Crippen molar-refractivity contribution in [3.8, 4) is 0 Å². The van der Waals surface area contributed by atoms with E-state index in [2.05, 4.69) is 19.2 Å². The molecule has 6 atom stereocenters. The summed E-state index contributed by atoms with van der Waals surface area (Å²) < 4.78 is 5.29. The number of Topliss-reactive ketones (excluding diaryl/α,β-unsaturated/α-hetero) is 1. The van der Waals surface area contributed by atoms with Gasteiger partial charge in [-0.25, -0.2) is 0 Å². The molecule has 5 rings (SSSR count). The highest BCUT2D eigenvalue weighted by Gasteiger charge is 2.66. The Bertz CT molecular complexity index is 1030. The highest BCUT2D eigenvalue weighted by Crippen LogP contribution is 2.67. The molecule has 5 aliphatic rings. The molecule has 0 saturated heterocycles. The van der Waals surface area contributed by atoms with Gasteiger partial charge < -0.3 is 15.2 Å². The van der Waals surface area contributed by atoms with E-state index in [1.807, 2.05) is 6.08 Å². The summed E-state index contributed by atoms with van der Waals surface area (Å²) in [5, 5.41) is 14.7. The van der Waals surface area contributed by atoms with Crippen LogP contribution in [0.25, 0.3) is 0 Å². The van der Waals surface area contributed by atoms with Crippen molar-refractivity contribution in [3.63, 3.8) is 0 Å². The Morgan fingerprint density at radius 3 is 2.46 bits per heavy atom. The number of hydrogen-bond donors (Lipinski definition) is 2. The first kappa shape index (κ1) is 28.5. The second kappa shape index (κ2) is 11.1. The maximum absolute atomic E-state index is 13.4. The summed E-state index contributed by atoms with van der Waals surface area (Å²) in [5.41, 5.74) is -0.692. The van der Waals surface area contributed by atoms with Gasteiger partial charge in [0.25, 0.3) is 0 Å². The summed E-state index contributed by atoms with van der Waals surface area (Å²) in [4.78, 5) is 50.0. The maximum atomic E-state index is 13.4. The fraction of sp³-hybridized carbons (Fsp3) is 0.812. The fourth-order valence-corrected chi connectivity index (χ4v) is 9.32. The van der Waals surface area contributed by atoms with Crippen LogP contribution >= 0.6 is 0 Å². The number of nitrogens with one attached hydrogen (secondary N) is 1. The third-order valence-electron chi connectivity index (χ3n) is 11.8. The first-order valence-electron chi connectivity index (χ1n) is 15.5. The zero-order valence-corrected chi connectivity index (χ0v) is 23.9. The number of carbonyl (C=O) groups is 4. The van der Waals surface area contributed by atoms with Crippen LogP contribution < -0.4 is 5.32 Å². The summed E-state index contributed by atoms with van der Waals surface area (Å²) in [6.45, 7) is 4.61. The van der Waals surface area contributed by atoms with E-state index in [-0.39, 0.29) is 35.9 Å². The molecule has 0 aromatic carbocycles. The molecule has 4 fully saturated rings. The van der Waals surface area contributed by atoms with Gasteiger partial charge in [0, 0.05) is 24.8 Å². The van der Waals surface area contributed by atoms with Crippen molar-refractivity contribution in [2.24, 2.45) is 34.5 Å². The number of ketones is 2. The molecule has 0 heterocycles. The number of aliphatic hydroxyl groups is 1. The Hall–Kier alpha value is -2.02. The minimum absolute atomic E-state index is 0.0428. The Labute approximate surface area is 232 Å². The van der Waals surface area contributed by atoms with Crippen molar-refractivity contribution >= 4 is 23.4 Å². The molecule has 0 aromatic heterocycles. The first-order chi connectivity index (χ1) is 18.6. The average molecular weight is 542 g/mol. The summed E-state index contributed by atoms with van der Waals surface area (Å²) in [7, 11) is 0. The van der Waals surface area contributed by atoms with Crippen molar-refractivity contribution in [3.05, 3.63) is 11.6 Å². The molecule has 0 unspecified atom stereocenters. The summed E-state index contributed by atoms with van der Waals surface area (Å²) in [6.07, 6.45) is 14.2. The van der Waals surface area contributed by atoms with E-state index in [9.17, 15) is 24.3 Å². The van der Waals surface area contributed by atoms with Crippen LogP contribution in [0.5, 0.6) is 0 Å². The number of hydrogen-bond acceptors (Lipinski definition) is 6. The Morgan fingerprint density at radius 1 is 0.949 bits per heavy atom. The number of amides is 1.